The van der Waals surface area contributed by atoms with Gasteiger partial charge in [-0.2, -0.15) is 0 Å². The van der Waals surface area contributed by atoms with E-state index in [1.54, 1.807) is 12.3 Å². The van der Waals surface area contributed by atoms with Gasteiger partial charge in [-0.05, 0) is 67.9 Å². The Kier molecular flexibility index (Phi) is 7.43. The molecule has 1 aromatic heterocycles. The van der Waals surface area contributed by atoms with Crippen LogP contribution >= 0.6 is 0 Å². The van der Waals surface area contributed by atoms with E-state index in [-0.39, 0.29) is 17.5 Å². The van der Waals surface area contributed by atoms with Gasteiger partial charge in [0, 0.05) is 25.3 Å². The van der Waals surface area contributed by atoms with Gasteiger partial charge in [0.2, 0.25) is 11.8 Å². The molecule has 0 radical (unpaired) electrons. The Labute approximate surface area is 197 Å². The van der Waals surface area contributed by atoms with Crippen molar-refractivity contribution in [3.05, 3.63) is 59.3 Å². The molecule has 0 bridgehead atoms. The lowest BCUT2D eigenvalue weighted by Gasteiger charge is -2.44. The molecule has 176 valence electrons. The first-order chi connectivity index (χ1) is 16.0. The van der Waals surface area contributed by atoms with E-state index in [9.17, 15) is 9.59 Å². The molecule has 0 unspecified atom stereocenters. The van der Waals surface area contributed by atoms with Crippen LogP contribution in [0.4, 0.5) is 5.82 Å². The van der Waals surface area contributed by atoms with Crippen molar-refractivity contribution in [2.75, 3.05) is 18.4 Å². The van der Waals surface area contributed by atoms with Crippen LogP contribution in [0.25, 0.3) is 0 Å². The summed E-state index contributed by atoms with van der Waals surface area (Å²) in [5.74, 6) is 0.821. The minimum absolute atomic E-state index is 0.0531. The number of pyridine rings is 1. The maximum atomic E-state index is 13.2. The summed E-state index contributed by atoms with van der Waals surface area (Å²) in [6, 6.07) is 12.2. The molecule has 1 spiro atoms. The van der Waals surface area contributed by atoms with E-state index < -0.39 is 0 Å². The fourth-order valence-electron chi connectivity index (χ4n) is 5.29. The van der Waals surface area contributed by atoms with Crippen molar-refractivity contribution in [3.8, 4) is 0 Å². The van der Waals surface area contributed by atoms with E-state index in [1.165, 1.54) is 11.1 Å². The lowest BCUT2D eigenvalue weighted by Crippen LogP contribution is -2.66. The first-order valence-corrected chi connectivity index (χ1v) is 12.4. The average Bonchev–Trinajstić information content (AvgIpc) is 3.30. The number of rotatable bonds is 8. The number of nitrogens with one attached hydrogen (secondary N) is 2. The van der Waals surface area contributed by atoms with E-state index in [2.05, 4.69) is 52.6 Å². The van der Waals surface area contributed by atoms with Crippen molar-refractivity contribution in [1.82, 2.24) is 15.2 Å². The number of piperazine rings is 1. The Morgan fingerprint density at radius 3 is 2.76 bits per heavy atom. The number of amides is 2. The highest BCUT2D eigenvalue weighted by Gasteiger charge is 2.47. The third-order valence-electron chi connectivity index (χ3n) is 7.19. The van der Waals surface area contributed by atoms with Crippen molar-refractivity contribution in [1.29, 1.82) is 0 Å². The molecule has 6 nitrogen and oxygen atoms in total. The van der Waals surface area contributed by atoms with Crippen molar-refractivity contribution < 1.29 is 9.59 Å². The number of anilines is 1. The Morgan fingerprint density at radius 1 is 1.21 bits per heavy atom. The molecular weight excluding hydrogens is 412 g/mol. The van der Waals surface area contributed by atoms with Gasteiger partial charge in [-0.15, -0.1) is 0 Å². The zero-order valence-corrected chi connectivity index (χ0v) is 19.9. The van der Waals surface area contributed by atoms with Gasteiger partial charge in [-0.1, -0.05) is 44.0 Å². The van der Waals surface area contributed by atoms with Crippen LogP contribution in [0.1, 0.15) is 62.6 Å². The number of nitrogens with zero attached hydrogens (tertiary/aromatic N) is 2. The maximum Gasteiger partial charge on any atom is 0.243 e. The molecule has 33 heavy (non-hydrogen) atoms. The second kappa shape index (κ2) is 10.5. The molecule has 2 fully saturated rings. The van der Waals surface area contributed by atoms with Gasteiger partial charge >= 0.3 is 0 Å². The number of carbonyl (C=O) groups is 2. The molecule has 2 amide bonds. The average molecular weight is 449 g/mol. The van der Waals surface area contributed by atoms with Gasteiger partial charge in [0.05, 0.1) is 12.0 Å². The van der Waals surface area contributed by atoms with E-state index in [0.29, 0.717) is 18.1 Å². The lowest BCUT2D eigenvalue weighted by molar-refractivity contribution is -0.144. The highest BCUT2D eigenvalue weighted by atomic mass is 16.2. The first kappa shape index (κ1) is 23.4. The summed E-state index contributed by atoms with van der Waals surface area (Å²) < 4.78 is 0. The lowest BCUT2D eigenvalue weighted by atomic mass is 9.91. The summed E-state index contributed by atoms with van der Waals surface area (Å²) in [4.78, 5) is 32.1. The highest BCUT2D eigenvalue weighted by Crippen LogP contribution is 2.34. The van der Waals surface area contributed by atoms with Gasteiger partial charge in [0.1, 0.15) is 5.82 Å². The summed E-state index contributed by atoms with van der Waals surface area (Å²) in [5.41, 5.74) is 3.19. The van der Waals surface area contributed by atoms with Crippen LogP contribution in [0.15, 0.2) is 42.6 Å². The molecule has 1 saturated heterocycles. The monoisotopic (exact) mass is 448 g/mol. The SMILES string of the molecule is CCc1ccc(CCCN2C(=O)C3(CCCC3)NC[C@@H]2C)cc1CC(=O)Nc1ccccn1. The van der Waals surface area contributed by atoms with Crippen LogP contribution < -0.4 is 10.6 Å². The summed E-state index contributed by atoms with van der Waals surface area (Å²) in [5, 5.41) is 6.43. The number of aromatic nitrogens is 1. The molecule has 1 aromatic carbocycles. The maximum absolute atomic E-state index is 13.2. The third kappa shape index (κ3) is 5.44. The molecule has 2 heterocycles. The van der Waals surface area contributed by atoms with E-state index >= 15 is 0 Å². The second-order valence-electron chi connectivity index (χ2n) is 9.52. The normalized spacial score (nSPS) is 19.8. The third-order valence-corrected chi connectivity index (χ3v) is 7.19. The summed E-state index contributed by atoms with van der Waals surface area (Å²) in [6.07, 6.45) is 8.95. The van der Waals surface area contributed by atoms with Crippen LogP contribution in [0, 0.1) is 0 Å². The number of benzene rings is 1. The van der Waals surface area contributed by atoms with Crippen LogP contribution in [0.3, 0.4) is 0 Å². The minimum atomic E-state index is -0.302. The topological polar surface area (TPSA) is 74.3 Å². The van der Waals surface area contributed by atoms with Gasteiger partial charge in [0.25, 0.3) is 0 Å². The summed E-state index contributed by atoms with van der Waals surface area (Å²) in [6.45, 7) is 5.92. The predicted molar refractivity (Wildman–Crippen MR) is 131 cm³/mol. The molecular formula is C27H36N4O2. The van der Waals surface area contributed by atoms with Crippen LogP contribution in [-0.2, 0) is 28.9 Å². The molecule has 1 atom stereocenters. The molecule has 1 saturated carbocycles. The second-order valence-corrected chi connectivity index (χ2v) is 9.52. The Bertz CT molecular complexity index is 969. The summed E-state index contributed by atoms with van der Waals surface area (Å²) in [7, 11) is 0. The summed E-state index contributed by atoms with van der Waals surface area (Å²) >= 11 is 0. The number of aryl methyl sites for hydroxylation is 2. The van der Waals surface area contributed by atoms with Crippen molar-refractivity contribution in [2.24, 2.45) is 0 Å². The highest BCUT2D eigenvalue weighted by molar-refractivity contribution is 5.91. The van der Waals surface area contributed by atoms with Gasteiger partial charge in [0.15, 0.2) is 0 Å². The van der Waals surface area contributed by atoms with E-state index in [0.717, 1.165) is 63.6 Å². The Morgan fingerprint density at radius 2 is 2.03 bits per heavy atom. The quantitative estimate of drug-likeness (QED) is 0.643. The van der Waals surface area contributed by atoms with E-state index in [1.807, 2.05) is 12.1 Å². The first-order valence-electron chi connectivity index (χ1n) is 12.4. The van der Waals surface area contributed by atoms with Crippen molar-refractivity contribution >= 4 is 17.6 Å². The Balaban J connectivity index is 1.36. The predicted octanol–water partition coefficient (Wildman–Crippen LogP) is 3.89. The fraction of sp³-hybridized carbons (Fsp3) is 0.519. The van der Waals surface area contributed by atoms with Gasteiger partial charge in [-0.25, -0.2) is 4.98 Å². The minimum Gasteiger partial charge on any atom is -0.337 e. The molecule has 2 N–H and O–H groups in total. The molecule has 1 aliphatic carbocycles. The molecule has 1 aliphatic heterocycles. The van der Waals surface area contributed by atoms with Crippen molar-refractivity contribution in [3.63, 3.8) is 0 Å². The van der Waals surface area contributed by atoms with Crippen molar-refractivity contribution in [2.45, 2.75) is 76.8 Å². The van der Waals surface area contributed by atoms with Gasteiger partial charge in [-0.3, -0.25) is 9.59 Å². The number of hydrogen-bond donors (Lipinski definition) is 2. The molecule has 4 rings (SSSR count). The smallest absolute Gasteiger partial charge is 0.243 e. The Hall–Kier alpha value is -2.73. The molecule has 2 aliphatic rings. The van der Waals surface area contributed by atoms with Crippen LogP contribution in [-0.4, -0.2) is 46.4 Å². The molecule has 2 aromatic rings. The van der Waals surface area contributed by atoms with Crippen LogP contribution in [0.2, 0.25) is 0 Å². The zero-order valence-electron chi connectivity index (χ0n) is 19.9. The standard InChI is InChI=1S/C27H36N4O2/c1-3-22-12-11-21(17-23(22)18-25(32)30-24-10-4-7-15-28-24)9-8-16-31-20(2)19-29-27(26(31)33)13-5-6-14-27/h4,7,10-12,15,17,20,29H,3,5-6,8-9,13-14,16,18-19H2,1-2H3,(H,28,30,32)/t20-/m0/s1. The molecule has 6 heteroatoms. The van der Waals surface area contributed by atoms with E-state index in [4.69, 9.17) is 0 Å². The number of hydrogen-bond acceptors (Lipinski definition) is 4. The zero-order chi connectivity index (χ0) is 23.3. The van der Waals surface area contributed by atoms with Gasteiger partial charge < -0.3 is 15.5 Å². The largest absolute Gasteiger partial charge is 0.337 e. The fourth-order valence-corrected chi connectivity index (χ4v) is 5.29. The number of carbonyl (C=O) groups excluding carboxylic acids is 2. The van der Waals surface area contributed by atoms with Crippen LogP contribution in [0.5, 0.6) is 0 Å².